The van der Waals surface area contributed by atoms with Crippen molar-refractivity contribution >= 4 is 5.91 Å². The molecule has 0 aromatic rings. The number of carbonyl (C=O) groups is 1. The molecule has 0 aromatic carbocycles. The summed E-state index contributed by atoms with van der Waals surface area (Å²) in [5, 5.41) is 0. The quantitative estimate of drug-likeness (QED) is 0.639. The highest BCUT2D eigenvalue weighted by Gasteiger charge is 2.16. The third-order valence-electron chi connectivity index (χ3n) is 2.85. The van der Waals surface area contributed by atoms with Crippen molar-refractivity contribution in [2.75, 3.05) is 33.4 Å². The molecule has 0 aliphatic carbocycles. The van der Waals surface area contributed by atoms with Crippen molar-refractivity contribution < 1.29 is 14.3 Å². The van der Waals surface area contributed by atoms with Gasteiger partial charge in [-0.25, -0.2) is 0 Å². The van der Waals surface area contributed by atoms with Gasteiger partial charge in [-0.05, 0) is 18.8 Å². The van der Waals surface area contributed by atoms with Gasteiger partial charge in [-0.3, -0.25) is 4.79 Å². The van der Waals surface area contributed by atoms with E-state index in [-0.39, 0.29) is 12.0 Å². The number of hydrogen-bond acceptors (Lipinski definition) is 3. The summed E-state index contributed by atoms with van der Waals surface area (Å²) in [5.74, 6) is 0.669. The zero-order valence-corrected chi connectivity index (χ0v) is 11.3. The third-order valence-corrected chi connectivity index (χ3v) is 2.85. The molecule has 17 heavy (non-hydrogen) atoms. The minimum absolute atomic E-state index is 0.158. The largest absolute Gasteiger partial charge is 0.378 e. The minimum atomic E-state index is 0.158. The smallest absolute Gasteiger partial charge is 0.224 e. The second-order valence-corrected chi connectivity index (χ2v) is 5.13. The Morgan fingerprint density at radius 3 is 2.88 bits per heavy atom. The lowest BCUT2D eigenvalue weighted by Crippen LogP contribution is -2.31. The van der Waals surface area contributed by atoms with E-state index in [0.717, 1.165) is 26.0 Å². The molecule has 1 saturated heterocycles. The first-order valence-corrected chi connectivity index (χ1v) is 6.53. The molecule has 1 atom stereocenters. The summed E-state index contributed by atoms with van der Waals surface area (Å²) in [6.45, 7) is 7.01. The van der Waals surface area contributed by atoms with Gasteiger partial charge in [0.1, 0.15) is 0 Å². The van der Waals surface area contributed by atoms with E-state index in [4.69, 9.17) is 9.47 Å². The maximum Gasteiger partial charge on any atom is 0.224 e. The molecule has 0 saturated carbocycles. The van der Waals surface area contributed by atoms with Crippen molar-refractivity contribution in [1.82, 2.24) is 4.90 Å². The normalized spacial score (nSPS) is 19.9. The average molecular weight is 243 g/mol. The molecule has 0 bridgehead atoms. The van der Waals surface area contributed by atoms with Crippen LogP contribution in [-0.4, -0.2) is 50.3 Å². The molecule has 1 rings (SSSR count). The molecule has 4 heteroatoms. The number of amides is 1. The van der Waals surface area contributed by atoms with Gasteiger partial charge in [0.2, 0.25) is 5.91 Å². The first-order valence-electron chi connectivity index (χ1n) is 6.53. The Hall–Kier alpha value is -0.610. The van der Waals surface area contributed by atoms with Crippen LogP contribution < -0.4 is 0 Å². The van der Waals surface area contributed by atoms with Crippen LogP contribution in [0.3, 0.4) is 0 Å². The first-order chi connectivity index (χ1) is 8.09. The van der Waals surface area contributed by atoms with Crippen LogP contribution in [0, 0.1) is 5.92 Å². The van der Waals surface area contributed by atoms with Gasteiger partial charge >= 0.3 is 0 Å². The highest BCUT2D eigenvalue weighted by Crippen LogP contribution is 2.12. The average Bonchev–Trinajstić information content (AvgIpc) is 2.75. The Morgan fingerprint density at radius 1 is 1.53 bits per heavy atom. The lowest BCUT2D eigenvalue weighted by molar-refractivity contribution is -0.131. The van der Waals surface area contributed by atoms with Crippen LogP contribution in [0.2, 0.25) is 0 Å². The highest BCUT2D eigenvalue weighted by atomic mass is 16.5. The van der Waals surface area contributed by atoms with Crippen LogP contribution in [0.5, 0.6) is 0 Å². The number of nitrogens with zero attached hydrogens (tertiary/aromatic N) is 1. The van der Waals surface area contributed by atoms with E-state index in [2.05, 4.69) is 13.8 Å². The zero-order chi connectivity index (χ0) is 12.7. The lowest BCUT2D eigenvalue weighted by atomic mass is 10.2. The molecule has 100 valence electrons. The van der Waals surface area contributed by atoms with Gasteiger partial charge in [0.15, 0.2) is 0 Å². The van der Waals surface area contributed by atoms with Gasteiger partial charge in [0.25, 0.3) is 0 Å². The van der Waals surface area contributed by atoms with E-state index >= 15 is 0 Å². The van der Waals surface area contributed by atoms with Gasteiger partial charge < -0.3 is 14.4 Å². The van der Waals surface area contributed by atoms with Crippen molar-refractivity contribution in [3.63, 3.8) is 0 Å². The SMILES string of the molecule is CC(C)CN(C)C(=O)CCOCC1CCCO1. The Bertz CT molecular complexity index is 225. The molecule has 1 aliphatic heterocycles. The van der Waals surface area contributed by atoms with Crippen LogP contribution in [0.4, 0.5) is 0 Å². The van der Waals surface area contributed by atoms with E-state index in [1.165, 1.54) is 0 Å². The fourth-order valence-electron chi connectivity index (χ4n) is 1.99. The molecule has 0 aromatic heterocycles. The Kier molecular flexibility index (Phi) is 6.52. The van der Waals surface area contributed by atoms with Crippen LogP contribution in [-0.2, 0) is 14.3 Å². The van der Waals surface area contributed by atoms with Crippen molar-refractivity contribution in [3.05, 3.63) is 0 Å². The molecule has 0 radical (unpaired) electrons. The predicted molar refractivity (Wildman–Crippen MR) is 66.9 cm³/mol. The molecule has 1 aliphatic rings. The fraction of sp³-hybridized carbons (Fsp3) is 0.923. The summed E-state index contributed by atoms with van der Waals surface area (Å²) >= 11 is 0. The highest BCUT2D eigenvalue weighted by molar-refractivity contribution is 5.75. The number of hydrogen-bond donors (Lipinski definition) is 0. The molecule has 1 fully saturated rings. The van der Waals surface area contributed by atoms with Gasteiger partial charge in [-0.2, -0.15) is 0 Å². The molecule has 0 N–H and O–H groups in total. The van der Waals surface area contributed by atoms with Crippen molar-refractivity contribution in [1.29, 1.82) is 0 Å². The summed E-state index contributed by atoms with van der Waals surface area (Å²) in [6.07, 6.45) is 2.93. The van der Waals surface area contributed by atoms with Crippen LogP contribution in [0.15, 0.2) is 0 Å². The fourth-order valence-corrected chi connectivity index (χ4v) is 1.99. The second-order valence-electron chi connectivity index (χ2n) is 5.13. The molecule has 1 amide bonds. The molecular weight excluding hydrogens is 218 g/mol. The van der Waals surface area contributed by atoms with Crippen LogP contribution >= 0.6 is 0 Å². The lowest BCUT2D eigenvalue weighted by Gasteiger charge is -2.19. The molecule has 4 nitrogen and oxygen atoms in total. The van der Waals surface area contributed by atoms with Crippen molar-refractivity contribution in [2.24, 2.45) is 5.92 Å². The molecule has 0 spiro atoms. The monoisotopic (exact) mass is 243 g/mol. The summed E-state index contributed by atoms with van der Waals surface area (Å²) in [4.78, 5) is 13.5. The number of ether oxygens (including phenoxy) is 2. The van der Waals surface area contributed by atoms with E-state index in [0.29, 0.717) is 25.6 Å². The molecular formula is C13H25NO3. The van der Waals surface area contributed by atoms with Crippen molar-refractivity contribution in [2.45, 2.75) is 39.2 Å². The molecule has 1 heterocycles. The van der Waals surface area contributed by atoms with Gasteiger partial charge in [-0.1, -0.05) is 13.8 Å². The second kappa shape index (κ2) is 7.67. The van der Waals surface area contributed by atoms with E-state index < -0.39 is 0 Å². The van der Waals surface area contributed by atoms with Gasteiger partial charge in [-0.15, -0.1) is 0 Å². The standard InChI is InChI=1S/C13H25NO3/c1-11(2)9-14(3)13(15)6-8-16-10-12-5-4-7-17-12/h11-12H,4-10H2,1-3H3. The zero-order valence-electron chi connectivity index (χ0n) is 11.3. The first kappa shape index (κ1) is 14.5. The van der Waals surface area contributed by atoms with E-state index in [1.54, 1.807) is 4.90 Å². The topological polar surface area (TPSA) is 38.8 Å². The maximum atomic E-state index is 11.7. The Balaban J connectivity index is 2.02. The van der Waals surface area contributed by atoms with Gasteiger partial charge in [0.05, 0.1) is 25.7 Å². The van der Waals surface area contributed by atoms with E-state index in [9.17, 15) is 4.79 Å². The predicted octanol–water partition coefficient (Wildman–Crippen LogP) is 1.69. The summed E-state index contributed by atoms with van der Waals surface area (Å²) < 4.78 is 10.9. The third kappa shape index (κ3) is 6.03. The van der Waals surface area contributed by atoms with Crippen LogP contribution in [0.1, 0.15) is 33.1 Å². The van der Waals surface area contributed by atoms with E-state index in [1.807, 2.05) is 7.05 Å². The molecule has 1 unspecified atom stereocenters. The van der Waals surface area contributed by atoms with Crippen LogP contribution in [0.25, 0.3) is 0 Å². The van der Waals surface area contributed by atoms with Crippen molar-refractivity contribution in [3.8, 4) is 0 Å². The maximum absolute atomic E-state index is 11.7. The summed E-state index contributed by atoms with van der Waals surface area (Å²) in [7, 11) is 1.85. The number of rotatable bonds is 7. The Morgan fingerprint density at radius 2 is 2.29 bits per heavy atom. The summed E-state index contributed by atoms with van der Waals surface area (Å²) in [5.41, 5.74) is 0. The van der Waals surface area contributed by atoms with Gasteiger partial charge in [0, 0.05) is 20.2 Å². The number of carbonyl (C=O) groups excluding carboxylic acids is 1. The minimum Gasteiger partial charge on any atom is -0.378 e. The Labute approximate surface area is 104 Å². The summed E-state index contributed by atoms with van der Waals surface area (Å²) in [6, 6.07) is 0.